The number of hydrogen-bond acceptors (Lipinski definition) is 3. The van der Waals surface area contributed by atoms with Gasteiger partial charge in [0.2, 0.25) is 5.91 Å². The van der Waals surface area contributed by atoms with E-state index < -0.39 is 12.0 Å². The van der Waals surface area contributed by atoms with Gasteiger partial charge in [-0.15, -0.1) is 0 Å². The summed E-state index contributed by atoms with van der Waals surface area (Å²) in [5.41, 5.74) is 7.94. The molecule has 2 aromatic carbocycles. The van der Waals surface area contributed by atoms with Crippen LogP contribution in [0, 0.1) is 6.92 Å². The van der Waals surface area contributed by atoms with Gasteiger partial charge in [-0.25, -0.2) is 4.79 Å². The summed E-state index contributed by atoms with van der Waals surface area (Å²) in [7, 11) is 0. The quantitative estimate of drug-likeness (QED) is 0.803. The fourth-order valence-corrected chi connectivity index (χ4v) is 1.91. The minimum atomic E-state index is -1.04. The molecule has 5 nitrogen and oxygen atoms in total. The fourth-order valence-electron chi connectivity index (χ4n) is 1.91. The highest BCUT2D eigenvalue weighted by Gasteiger charge is 2.17. The summed E-state index contributed by atoms with van der Waals surface area (Å²) in [6.07, 6.45) is 0. The largest absolute Gasteiger partial charge is 0.478 e. The van der Waals surface area contributed by atoms with Gasteiger partial charge < -0.3 is 16.2 Å². The summed E-state index contributed by atoms with van der Waals surface area (Å²) in [5.74, 6) is -1.43. The molecular weight excluding hydrogens is 268 g/mol. The number of carboxylic acids is 1. The van der Waals surface area contributed by atoms with Crippen molar-refractivity contribution in [2.75, 3.05) is 5.32 Å². The molecule has 0 saturated carbocycles. The Hall–Kier alpha value is -2.66. The minimum Gasteiger partial charge on any atom is -0.478 e. The third kappa shape index (κ3) is 3.46. The predicted molar refractivity (Wildman–Crippen MR) is 80.1 cm³/mol. The van der Waals surface area contributed by atoms with E-state index in [-0.39, 0.29) is 11.5 Å². The van der Waals surface area contributed by atoms with Crippen molar-refractivity contribution in [2.45, 2.75) is 13.0 Å². The van der Waals surface area contributed by atoms with Gasteiger partial charge >= 0.3 is 5.97 Å². The molecule has 2 rings (SSSR count). The monoisotopic (exact) mass is 284 g/mol. The molecule has 21 heavy (non-hydrogen) atoms. The Morgan fingerprint density at radius 2 is 1.81 bits per heavy atom. The van der Waals surface area contributed by atoms with Gasteiger partial charge in [0, 0.05) is 5.69 Å². The van der Waals surface area contributed by atoms with Crippen molar-refractivity contribution in [3.8, 4) is 0 Å². The maximum Gasteiger partial charge on any atom is 0.335 e. The molecule has 1 amide bonds. The van der Waals surface area contributed by atoms with E-state index in [1.54, 1.807) is 37.3 Å². The first kappa shape index (κ1) is 14.7. The molecule has 1 atom stereocenters. The van der Waals surface area contributed by atoms with Crippen molar-refractivity contribution in [1.29, 1.82) is 0 Å². The molecule has 0 aliphatic heterocycles. The van der Waals surface area contributed by atoms with Crippen LogP contribution in [0.15, 0.2) is 48.5 Å². The molecule has 0 bridgehead atoms. The van der Waals surface area contributed by atoms with Gasteiger partial charge in [0.05, 0.1) is 5.56 Å². The second-order valence-electron chi connectivity index (χ2n) is 4.71. The average Bonchev–Trinajstić information content (AvgIpc) is 2.49. The summed E-state index contributed by atoms with van der Waals surface area (Å²) in [5, 5.41) is 11.7. The lowest BCUT2D eigenvalue weighted by atomic mass is 10.1. The van der Waals surface area contributed by atoms with E-state index in [9.17, 15) is 9.59 Å². The van der Waals surface area contributed by atoms with E-state index in [0.29, 0.717) is 11.3 Å². The molecule has 0 heterocycles. The number of rotatable bonds is 4. The van der Waals surface area contributed by atoms with Gasteiger partial charge in [0.15, 0.2) is 0 Å². The summed E-state index contributed by atoms with van der Waals surface area (Å²) in [4.78, 5) is 23.1. The molecule has 0 aromatic heterocycles. The molecule has 4 N–H and O–H groups in total. The van der Waals surface area contributed by atoms with Crippen LogP contribution in [0.4, 0.5) is 5.69 Å². The maximum absolute atomic E-state index is 12.2. The zero-order valence-corrected chi connectivity index (χ0v) is 11.5. The third-order valence-electron chi connectivity index (χ3n) is 3.18. The lowest BCUT2D eigenvalue weighted by molar-refractivity contribution is -0.117. The van der Waals surface area contributed by atoms with E-state index >= 15 is 0 Å². The van der Waals surface area contributed by atoms with E-state index in [4.69, 9.17) is 10.8 Å². The van der Waals surface area contributed by atoms with Crippen molar-refractivity contribution >= 4 is 17.6 Å². The predicted octanol–water partition coefficient (Wildman–Crippen LogP) is 2.33. The Labute approximate surface area is 122 Å². The summed E-state index contributed by atoms with van der Waals surface area (Å²) in [6, 6.07) is 12.7. The number of hydrogen-bond donors (Lipinski definition) is 3. The average molecular weight is 284 g/mol. The highest BCUT2D eigenvalue weighted by molar-refractivity contribution is 5.97. The molecule has 0 spiro atoms. The molecule has 0 aliphatic carbocycles. The summed E-state index contributed by atoms with van der Waals surface area (Å²) < 4.78 is 0. The number of nitrogens with one attached hydrogen (secondary N) is 1. The van der Waals surface area contributed by atoms with Crippen LogP contribution in [-0.4, -0.2) is 17.0 Å². The fraction of sp³-hybridized carbons (Fsp3) is 0.125. The molecule has 0 saturated heterocycles. The lowest BCUT2D eigenvalue weighted by Crippen LogP contribution is -2.28. The molecule has 2 aromatic rings. The Balaban J connectivity index is 2.20. The third-order valence-corrected chi connectivity index (χ3v) is 3.18. The first-order valence-corrected chi connectivity index (χ1v) is 6.44. The molecule has 0 unspecified atom stereocenters. The number of aryl methyl sites for hydroxylation is 1. The SMILES string of the molecule is Cc1ccc(C(=O)O)cc1NC(=O)[C@@H](N)c1ccccc1. The standard InChI is InChI=1S/C16H16N2O3/c1-10-7-8-12(16(20)21)9-13(10)18-15(19)14(17)11-5-3-2-4-6-11/h2-9,14H,17H2,1H3,(H,18,19)(H,20,21)/t14-/m0/s1. The molecule has 108 valence electrons. The number of carbonyl (C=O) groups is 2. The van der Waals surface area contributed by atoms with Crippen LogP contribution in [0.3, 0.4) is 0 Å². The van der Waals surface area contributed by atoms with Crippen LogP contribution in [0.25, 0.3) is 0 Å². The van der Waals surface area contributed by atoms with Gasteiger partial charge in [0.25, 0.3) is 0 Å². The Kier molecular flexibility index (Phi) is 4.35. The number of amides is 1. The van der Waals surface area contributed by atoms with Crippen molar-refractivity contribution in [3.63, 3.8) is 0 Å². The van der Waals surface area contributed by atoms with E-state index in [0.717, 1.165) is 5.56 Å². The summed E-state index contributed by atoms with van der Waals surface area (Å²) >= 11 is 0. The first-order chi connectivity index (χ1) is 9.99. The van der Waals surface area contributed by atoms with E-state index in [1.165, 1.54) is 12.1 Å². The minimum absolute atomic E-state index is 0.115. The van der Waals surface area contributed by atoms with Crippen molar-refractivity contribution in [3.05, 3.63) is 65.2 Å². The maximum atomic E-state index is 12.2. The lowest BCUT2D eigenvalue weighted by Gasteiger charge is -2.14. The number of anilines is 1. The van der Waals surface area contributed by atoms with Crippen LogP contribution in [0.5, 0.6) is 0 Å². The van der Waals surface area contributed by atoms with Crippen molar-refractivity contribution < 1.29 is 14.7 Å². The van der Waals surface area contributed by atoms with E-state index in [1.807, 2.05) is 6.07 Å². The summed E-state index contributed by atoms with van der Waals surface area (Å²) in [6.45, 7) is 1.79. The first-order valence-electron chi connectivity index (χ1n) is 6.44. The highest BCUT2D eigenvalue weighted by atomic mass is 16.4. The van der Waals surface area contributed by atoms with Gasteiger partial charge in [0.1, 0.15) is 6.04 Å². The number of aromatic carboxylic acids is 1. The molecule has 5 heteroatoms. The van der Waals surface area contributed by atoms with Crippen LogP contribution in [0.2, 0.25) is 0 Å². The Morgan fingerprint density at radius 3 is 2.43 bits per heavy atom. The van der Waals surface area contributed by atoms with Crippen LogP contribution in [-0.2, 0) is 4.79 Å². The van der Waals surface area contributed by atoms with Crippen LogP contribution >= 0.6 is 0 Å². The van der Waals surface area contributed by atoms with Crippen molar-refractivity contribution in [1.82, 2.24) is 0 Å². The molecule has 0 fully saturated rings. The zero-order valence-electron chi connectivity index (χ0n) is 11.5. The highest BCUT2D eigenvalue weighted by Crippen LogP contribution is 2.19. The zero-order chi connectivity index (χ0) is 15.4. The normalized spacial score (nSPS) is 11.7. The van der Waals surface area contributed by atoms with Crippen LogP contribution < -0.4 is 11.1 Å². The van der Waals surface area contributed by atoms with Gasteiger partial charge in [-0.2, -0.15) is 0 Å². The molecule has 0 radical (unpaired) electrons. The molecular formula is C16H16N2O3. The number of benzene rings is 2. The van der Waals surface area contributed by atoms with Gasteiger partial charge in [-0.05, 0) is 30.2 Å². The van der Waals surface area contributed by atoms with Gasteiger partial charge in [-0.1, -0.05) is 36.4 Å². The Morgan fingerprint density at radius 1 is 1.14 bits per heavy atom. The number of carboxylic acid groups (broad SMARTS) is 1. The smallest absolute Gasteiger partial charge is 0.335 e. The van der Waals surface area contributed by atoms with E-state index in [2.05, 4.69) is 5.32 Å². The van der Waals surface area contributed by atoms with Crippen LogP contribution in [0.1, 0.15) is 27.5 Å². The Bertz CT molecular complexity index is 668. The number of carbonyl (C=O) groups excluding carboxylic acids is 1. The second-order valence-corrected chi connectivity index (χ2v) is 4.71. The number of nitrogens with two attached hydrogens (primary N) is 1. The topological polar surface area (TPSA) is 92.4 Å². The second kappa shape index (κ2) is 6.19. The van der Waals surface area contributed by atoms with Crippen molar-refractivity contribution in [2.24, 2.45) is 5.73 Å². The molecule has 0 aliphatic rings. The van der Waals surface area contributed by atoms with Gasteiger partial charge in [-0.3, -0.25) is 4.79 Å².